The lowest BCUT2D eigenvalue weighted by Crippen LogP contribution is -2.13. The smallest absolute Gasteiger partial charge is 0.302 e. The molecular weight excluding hydrogens is 296 g/mol. The van der Waals surface area contributed by atoms with Crippen molar-refractivity contribution in [3.63, 3.8) is 0 Å². The third kappa shape index (κ3) is 11.5. The Kier molecular flexibility index (Phi) is 11.3. The van der Waals surface area contributed by atoms with E-state index in [0.29, 0.717) is 19.3 Å². The van der Waals surface area contributed by atoms with Gasteiger partial charge >= 0.3 is 5.97 Å². The van der Waals surface area contributed by atoms with Gasteiger partial charge in [-0.2, -0.15) is 0 Å². The Morgan fingerprint density at radius 3 is 2.30 bits per heavy atom. The molecule has 1 saturated heterocycles. The molecule has 5 nitrogen and oxygen atoms in total. The topological polar surface area (TPSA) is 57.3 Å². The summed E-state index contributed by atoms with van der Waals surface area (Å²) in [7, 11) is 0. The number of ether oxygens (including phenoxy) is 4. The zero-order valence-electron chi connectivity index (χ0n) is 15.1. The molecule has 0 aromatic rings. The van der Waals surface area contributed by atoms with Gasteiger partial charge in [-0.05, 0) is 26.7 Å². The summed E-state index contributed by atoms with van der Waals surface area (Å²) in [5, 5.41) is 0. The standard InChI is InChI=1S/C18H34O5/c1-4-20-16(3)21-13-11-9-7-5-6-8-10-12-17-18(23-17)14-22-15(2)19/h16-18H,4-14H2,1-3H3/t16?,17-,18-/m0/s1. The van der Waals surface area contributed by atoms with Crippen molar-refractivity contribution in [2.45, 2.75) is 90.6 Å². The fourth-order valence-electron chi connectivity index (χ4n) is 2.64. The van der Waals surface area contributed by atoms with Crippen LogP contribution in [-0.2, 0) is 23.7 Å². The Bertz CT molecular complexity index is 308. The molecular formula is C18H34O5. The number of epoxide rings is 1. The molecule has 0 amide bonds. The zero-order chi connectivity index (χ0) is 16.9. The second-order valence-electron chi connectivity index (χ2n) is 6.17. The molecule has 0 aromatic carbocycles. The van der Waals surface area contributed by atoms with Crippen LogP contribution in [0.3, 0.4) is 0 Å². The highest BCUT2D eigenvalue weighted by Gasteiger charge is 2.38. The van der Waals surface area contributed by atoms with Crippen LogP contribution < -0.4 is 0 Å². The van der Waals surface area contributed by atoms with Crippen molar-refractivity contribution in [1.82, 2.24) is 0 Å². The van der Waals surface area contributed by atoms with Gasteiger partial charge in [0.05, 0.1) is 6.10 Å². The summed E-state index contributed by atoms with van der Waals surface area (Å²) < 4.78 is 21.3. The first kappa shape index (κ1) is 20.4. The van der Waals surface area contributed by atoms with Crippen molar-refractivity contribution in [2.24, 2.45) is 0 Å². The van der Waals surface area contributed by atoms with Gasteiger partial charge in [-0.1, -0.05) is 38.5 Å². The molecule has 0 aliphatic carbocycles. The SMILES string of the molecule is CCOC(C)OCCCCCCCCC[C@@H]1O[C@H]1COC(C)=O. The summed E-state index contributed by atoms with van der Waals surface area (Å²) in [5.74, 6) is -0.225. The van der Waals surface area contributed by atoms with E-state index >= 15 is 0 Å². The van der Waals surface area contributed by atoms with E-state index in [2.05, 4.69) is 0 Å². The second-order valence-corrected chi connectivity index (χ2v) is 6.17. The van der Waals surface area contributed by atoms with Crippen molar-refractivity contribution in [1.29, 1.82) is 0 Å². The van der Waals surface area contributed by atoms with E-state index < -0.39 is 0 Å². The summed E-state index contributed by atoms with van der Waals surface area (Å²) >= 11 is 0. The summed E-state index contributed by atoms with van der Waals surface area (Å²) in [6.07, 6.45) is 10.2. The van der Waals surface area contributed by atoms with Crippen LogP contribution in [0.15, 0.2) is 0 Å². The first-order valence-electron chi connectivity index (χ1n) is 9.15. The summed E-state index contributed by atoms with van der Waals surface area (Å²) in [6.45, 7) is 7.29. The van der Waals surface area contributed by atoms with E-state index in [9.17, 15) is 4.79 Å². The number of unbranched alkanes of at least 4 members (excludes halogenated alkanes) is 6. The van der Waals surface area contributed by atoms with Crippen LogP contribution in [0.4, 0.5) is 0 Å². The average molecular weight is 330 g/mol. The van der Waals surface area contributed by atoms with Gasteiger partial charge in [0, 0.05) is 20.1 Å². The van der Waals surface area contributed by atoms with E-state index in [4.69, 9.17) is 18.9 Å². The van der Waals surface area contributed by atoms with Gasteiger partial charge in [0.25, 0.3) is 0 Å². The van der Waals surface area contributed by atoms with Crippen LogP contribution in [0.5, 0.6) is 0 Å². The molecule has 1 unspecified atom stereocenters. The quantitative estimate of drug-likeness (QED) is 0.198. The molecule has 1 aliphatic rings. The monoisotopic (exact) mass is 330 g/mol. The summed E-state index contributed by atoms with van der Waals surface area (Å²) in [6, 6.07) is 0. The number of hydrogen-bond acceptors (Lipinski definition) is 5. The predicted molar refractivity (Wildman–Crippen MR) is 89.3 cm³/mol. The molecule has 0 radical (unpaired) electrons. The fourth-order valence-corrected chi connectivity index (χ4v) is 2.64. The molecule has 1 heterocycles. The van der Waals surface area contributed by atoms with E-state index in [-0.39, 0.29) is 18.4 Å². The van der Waals surface area contributed by atoms with Crippen molar-refractivity contribution >= 4 is 5.97 Å². The Hall–Kier alpha value is -0.650. The summed E-state index contributed by atoms with van der Waals surface area (Å²) in [5.41, 5.74) is 0. The minimum absolute atomic E-state index is 0.0747. The van der Waals surface area contributed by atoms with Crippen LogP contribution >= 0.6 is 0 Å². The number of esters is 1. The Labute approximate surface area is 141 Å². The van der Waals surface area contributed by atoms with E-state index in [0.717, 1.165) is 19.4 Å². The molecule has 0 bridgehead atoms. The molecule has 3 atom stereocenters. The van der Waals surface area contributed by atoms with E-state index in [1.807, 2.05) is 13.8 Å². The summed E-state index contributed by atoms with van der Waals surface area (Å²) in [4.78, 5) is 10.7. The van der Waals surface area contributed by atoms with Gasteiger partial charge < -0.3 is 18.9 Å². The molecule has 1 fully saturated rings. The van der Waals surface area contributed by atoms with Crippen molar-refractivity contribution in [3.05, 3.63) is 0 Å². The van der Waals surface area contributed by atoms with Crippen LogP contribution in [0.1, 0.15) is 72.1 Å². The van der Waals surface area contributed by atoms with E-state index in [1.54, 1.807) is 0 Å². The molecule has 0 N–H and O–H groups in total. The van der Waals surface area contributed by atoms with Crippen molar-refractivity contribution in [3.8, 4) is 0 Å². The number of rotatable bonds is 15. The molecule has 0 aromatic heterocycles. The van der Waals surface area contributed by atoms with Gasteiger partial charge in [0.1, 0.15) is 12.7 Å². The lowest BCUT2D eigenvalue weighted by molar-refractivity contribution is -0.141. The fraction of sp³-hybridized carbons (Fsp3) is 0.944. The number of carbonyl (C=O) groups is 1. The van der Waals surface area contributed by atoms with Crippen molar-refractivity contribution in [2.75, 3.05) is 19.8 Å². The minimum atomic E-state index is -0.225. The Morgan fingerprint density at radius 1 is 1.00 bits per heavy atom. The molecule has 23 heavy (non-hydrogen) atoms. The highest BCUT2D eigenvalue weighted by molar-refractivity contribution is 5.65. The molecule has 136 valence electrons. The predicted octanol–water partition coefficient (Wildman–Crippen LogP) is 3.84. The largest absolute Gasteiger partial charge is 0.463 e. The molecule has 0 saturated carbocycles. The maximum atomic E-state index is 10.7. The highest BCUT2D eigenvalue weighted by atomic mass is 16.7. The second kappa shape index (κ2) is 12.7. The first-order chi connectivity index (χ1) is 11.1. The highest BCUT2D eigenvalue weighted by Crippen LogP contribution is 2.27. The maximum absolute atomic E-state index is 10.7. The lowest BCUT2D eigenvalue weighted by atomic mass is 10.1. The Morgan fingerprint density at radius 2 is 1.65 bits per heavy atom. The van der Waals surface area contributed by atoms with Gasteiger partial charge in [-0.25, -0.2) is 0 Å². The molecule has 0 spiro atoms. The van der Waals surface area contributed by atoms with Gasteiger partial charge in [0.15, 0.2) is 6.29 Å². The van der Waals surface area contributed by atoms with Crippen LogP contribution in [0, 0.1) is 0 Å². The van der Waals surface area contributed by atoms with Gasteiger partial charge in [-0.15, -0.1) is 0 Å². The van der Waals surface area contributed by atoms with Crippen molar-refractivity contribution < 1.29 is 23.7 Å². The van der Waals surface area contributed by atoms with Crippen LogP contribution in [0.25, 0.3) is 0 Å². The van der Waals surface area contributed by atoms with Crippen LogP contribution in [-0.4, -0.2) is 44.3 Å². The number of carbonyl (C=O) groups excluding carboxylic acids is 1. The lowest BCUT2D eigenvalue weighted by Gasteiger charge is -2.12. The molecule has 1 aliphatic heterocycles. The maximum Gasteiger partial charge on any atom is 0.302 e. The van der Waals surface area contributed by atoms with Gasteiger partial charge in [0.2, 0.25) is 0 Å². The Balaban J connectivity index is 1.75. The van der Waals surface area contributed by atoms with Gasteiger partial charge in [-0.3, -0.25) is 4.79 Å². The third-order valence-corrected chi connectivity index (χ3v) is 4.03. The minimum Gasteiger partial charge on any atom is -0.463 e. The average Bonchev–Trinajstić information content (AvgIpc) is 3.26. The first-order valence-corrected chi connectivity index (χ1v) is 9.15. The van der Waals surface area contributed by atoms with Crippen LogP contribution in [0.2, 0.25) is 0 Å². The zero-order valence-corrected chi connectivity index (χ0v) is 15.1. The normalized spacial score (nSPS) is 21.2. The third-order valence-electron chi connectivity index (χ3n) is 4.03. The molecule has 1 rings (SSSR count). The number of hydrogen-bond donors (Lipinski definition) is 0. The molecule has 5 heteroatoms. The van der Waals surface area contributed by atoms with E-state index in [1.165, 1.54) is 45.4 Å².